The lowest BCUT2D eigenvalue weighted by molar-refractivity contribution is -0.130. The predicted molar refractivity (Wildman–Crippen MR) is 141 cm³/mol. The van der Waals surface area contributed by atoms with Crippen molar-refractivity contribution in [2.24, 2.45) is 0 Å². The number of carbonyl (C=O) groups excluding carboxylic acids is 3. The highest BCUT2D eigenvalue weighted by atomic mass is 32.1. The molecule has 2 aromatic carbocycles. The third kappa shape index (κ3) is 5.91. The van der Waals surface area contributed by atoms with Crippen LogP contribution in [0, 0.1) is 0 Å². The first-order valence-corrected chi connectivity index (χ1v) is 12.3. The normalized spacial score (nSPS) is 17.7. The van der Waals surface area contributed by atoms with Gasteiger partial charge in [0.25, 0.3) is 11.8 Å². The predicted octanol–water partition coefficient (Wildman–Crippen LogP) is 4.19. The standard InChI is InChI=1S/C27H29N3O5S/c1-17(31)28-20-9-11-22(12-10-20)35-16-19-14-18(8-13-24(19)34-2)15-23-25(32)29-27(36)30(26(23)33)21-6-4-3-5-7-21/h8-15,21H,3-7,16H2,1-2H3,(H,28,31)(H,29,32,36)/b23-15+. The number of rotatable bonds is 7. The molecule has 0 unspecified atom stereocenters. The lowest BCUT2D eigenvalue weighted by Crippen LogP contribution is -2.57. The number of thiocarbonyl (C=S) groups is 1. The van der Waals surface area contributed by atoms with Gasteiger partial charge in [0.15, 0.2) is 5.11 Å². The zero-order chi connectivity index (χ0) is 25.7. The second kappa shape index (κ2) is 11.3. The van der Waals surface area contributed by atoms with Crippen LogP contribution in [0.4, 0.5) is 5.69 Å². The summed E-state index contributed by atoms with van der Waals surface area (Å²) in [5.74, 6) is 0.242. The minimum atomic E-state index is -0.495. The Kier molecular flexibility index (Phi) is 8.00. The molecule has 1 heterocycles. The lowest BCUT2D eigenvalue weighted by Gasteiger charge is -2.37. The van der Waals surface area contributed by atoms with Gasteiger partial charge in [0.05, 0.1) is 7.11 Å². The summed E-state index contributed by atoms with van der Waals surface area (Å²) >= 11 is 5.33. The molecule has 1 aliphatic carbocycles. The van der Waals surface area contributed by atoms with Gasteiger partial charge in [-0.1, -0.05) is 25.3 Å². The number of benzene rings is 2. The highest BCUT2D eigenvalue weighted by Crippen LogP contribution is 2.28. The van der Waals surface area contributed by atoms with Crippen LogP contribution in [0.15, 0.2) is 48.0 Å². The zero-order valence-corrected chi connectivity index (χ0v) is 21.2. The fourth-order valence-electron chi connectivity index (χ4n) is 4.51. The van der Waals surface area contributed by atoms with Crippen LogP contribution in [0.25, 0.3) is 6.08 Å². The third-order valence-corrected chi connectivity index (χ3v) is 6.56. The van der Waals surface area contributed by atoms with E-state index in [1.165, 1.54) is 6.92 Å². The van der Waals surface area contributed by atoms with Crippen molar-refractivity contribution in [1.29, 1.82) is 0 Å². The van der Waals surface area contributed by atoms with Gasteiger partial charge < -0.3 is 14.8 Å². The molecule has 0 spiro atoms. The highest BCUT2D eigenvalue weighted by molar-refractivity contribution is 7.80. The minimum absolute atomic E-state index is 0.0135. The molecule has 4 rings (SSSR count). The Bertz CT molecular complexity index is 1200. The molecule has 2 N–H and O–H groups in total. The summed E-state index contributed by atoms with van der Waals surface area (Å²) in [5, 5.41) is 5.58. The fourth-order valence-corrected chi connectivity index (χ4v) is 4.83. The number of hydrogen-bond acceptors (Lipinski definition) is 6. The van der Waals surface area contributed by atoms with E-state index < -0.39 is 5.91 Å². The van der Waals surface area contributed by atoms with Crippen LogP contribution < -0.4 is 20.1 Å². The molecule has 0 radical (unpaired) electrons. The van der Waals surface area contributed by atoms with Gasteiger partial charge in [-0.2, -0.15) is 0 Å². The van der Waals surface area contributed by atoms with Crippen LogP contribution in [-0.4, -0.2) is 40.9 Å². The van der Waals surface area contributed by atoms with Crippen LogP contribution in [0.1, 0.15) is 50.2 Å². The van der Waals surface area contributed by atoms with Crippen molar-refractivity contribution < 1.29 is 23.9 Å². The van der Waals surface area contributed by atoms with E-state index in [1.807, 2.05) is 6.07 Å². The van der Waals surface area contributed by atoms with E-state index in [0.29, 0.717) is 22.7 Å². The average molecular weight is 508 g/mol. The van der Waals surface area contributed by atoms with Gasteiger partial charge in [0, 0.05) is 24.2 Å². The molecule has 188 valence electrons. The summed E-state index contributed by atoms with van der Waals surface area (Å²) in [6.45, 7) is 1.66. The van der Waals surface area contributed by atoms with E-state index >= 15 is 0 Å². The zero-order valence-electron chi connectivity index (χ0n) is 20.3. The molecule has 1 saturated carbocycles. The molecule has 0 atom stereocenters. The largest absolute Gasteiger partial charge is 0.496 e. The maximum Gasteiger partial charge on any atom is 0.265 e. The molecule has 8 nitrogen and oxygen atoms in total. The molecule has 2 fully saturated rings. The molecule has 36 heavy (non-hydrogen) atoms. The second-order valence-electron chi connectivity index (χ2n) is 8.85. The number of nitrogens with zero attached hydrogens (tertiary/aromatic N) is 1. The van der Waals surface area contributed by atoms with E-state index in [2.05, 4.69) is 10.6 Å². The smallest absolute Gasteiger partial charge is 0.265 e. The van der Waals surface area contributed by atoms with Crippen molar-refractivity contribution in [2.45, 2.75) is 51.7 Å². The molecule has 0 bridgehead atoms. The number of ether oxygens (including phenoxy) is 2. The van der Waals surface area contributed by atoms with Gasteiger partial charge in [-0.25, -0.2) is 0 Å². The van der Waals surface area contributed by atoms with E-state index in [1.54, 1.807) is 54.5 Å². The van der Waals surface area contributed by atoms with Gasteiger partial charge in [-0.3, -0.25) is 24.6 Å². The Labute approximate surface area is 215 Å². The molecule has 0 aromatic heterocycles. The quantitative estimate of drug-likeness (QED) is 0.331. The Morgan fingerprint density at radius 1 is 1.14 bits per heavy atom. The Balaban J connectivity index is 1.53. The summed E-state index contributed by atoms with van der Waals surface area (Å²) in [4.78, 5) is 38.7. The molecule has 2 aromatic rings. The van der Waals surface area contributed by atoms with Crippen molar-refractivity contribution in [1.82, 2.24) is 10.2 Å². The monoisotopic (exact) mass is 507 g/mol. The molecule has 2 aliphatic rings. The Morgan fingerprint density at radius 2 is 1.86 bits per heavy atom. The fraction of sp³-hybridized carbons (Fsp3) is 0.333. The van der Waals surface area contributed by atoms with Crippen LogP contribution in [0.2, 0.25) is 0 Å². The van der Waals surface area contributed by atoms with Crippen LogP contribution in [0.3, 0.4) is 0 Å². The summed E-state index contributed by atoms with van der Waals surface area (Å²) in [6, 6.07) is 12.4. The first-order valence-electron chi connectivity index (χ1n) is 11.9. The van der Waals surface area contributed by atoms with E-state index in [4.69, 9.17) is 21.7 Å². The Hall–Kier alpha value is -3.72. The SMILES string of the molecule is COc1ccc(/C=C2\C(=O)NC(=S)N(C3CCCCC3)C2=O)cc1COc1ccc(NC(C)=O)cc1. The second-order valence-corrected chi connectivity index (χ2v) is 9.24. The van der Waals surface area contributed by atoms with Crippen LogP contribution in [0.5, 0.6) is 11.5 Å². The number of hydrogen-bond donors (Lipinski definition) is 2. The molecular weight excluding hydrogens is 478 g/mol. The van der Waals surface area contributed by atoms with Crippen molar-refractivity contribution in [3.05, 3.63) is 59.2 Å². The van der Waals surface area contributed by atoms with Crippen LogP contribution in [-0.2, 0) is 21.0 Å². The highest BCUT2D eigenvalue weighted by Gasteiger charge is 2.38. The molecule has 9 heteroatoms. The maximum atomic E-state index is 13.3. The molecular formula is C27H29N3O5S. The van der Waals surface area contributed by atoms with E-state index in [9.17, 15) is 14.4 Å². The van der Waals surface area contributed by atoms with E-state index in [-0.39, 0.29) is 35.1 Å². The summed E-state index contributed by atoms with van der Waals surface area (Å²) in [7, 11) is 1.57. The first kappa shape index (κ1) is 25.4. The molecule has 1 aliphatic heterocycles. The summed E-state index contributed by atoms with van der Waals surface area (Å²) in [6.07, 6.45) is 6.58. The summed E-state index contributed by atoms with van der Waals surface area (Å²) < 4.78 is 11.4. The lowest BCUT2D eigenvalue weighted by atomic mass is 9.93. The number of methoxy groups -OCH3 is 1. The van der Waals surface area contributed by atoms with Gasteiger partial charge in [0.1, 0.15) is 23.7 Å². The number of carbonyl (C=O) groups is 3. The van der Waals surface area contributed by atoms with Crippen molar-refractivity contribution in [3.8, 4) is 11.5 Å². The van der Waals surface area contributed by atoms with Gasteiger partial charge in [-0.05, 0) is 73.1 Å². The number of amides is 3. The average Bonchev–Trinajstić information content (AvgIpc) is 2.86. The Morgan fingerprint density at radius 3 is 2.53 bits per heavy atom. The first-order chi connectivity index (χ1) is 17.4. The number of nitrogens with one attached hydrogen (secondary N) is 2. The third-order valence-electron chi connectivity index (χ3n) is 6.26. The molecule has 3 amide bonds. The minimum Gasteiger partial charge on any atom is -0.496 e. The van der Waals surface area contributed by atoms with Gasteiger partial charge in [-0.15, -0.1) is 0 Å². The van der Waals surface area contributed by atoms with Crippen LogP contribution >= 0.6 is 12.2 Å². The van der Waals surface area contributed by atoms with E-state index in [0.717, 1.165) is 37.7 Å². The number of anilines is 1. The van der Waals surface area contributed by atoms with Gasteiger partial charge >= 0.3 is 0 Å². The van der Waals surface area contributed by atoms with Crippen molar-refractivity contribution in [3.63, 3.8) is 0 Å². The van der Waals surface area contributed by atoms with Gasteiger partial charge in [0.2, 0.25) is 5.91 Å². The molecule has 1 saturated heterocycles. The topological polar surface area (TPSA) is 97.0 Å². The maximum absolute atomic E-state index is 13.3. The van der Waals surface area contributed by atoms with Crippen molar-refractivity contribution >= 4 is 46.8 Å². The summed E-state index contributed by atoms with van der Waals surface area (Å²) in [5.41, 5.74) is 2.16. The van der Waals surface area contributed by atoms with Crippen molar-refractivity contribution in [2.75, 3.05) is 12.4 Å².